The summed E-state index contributed by atoms with van der Waals surface area (Å²) in [5.74, 6) is 0.603. The van der Waals surface area contributed by atoms with E-state index < -0.39 is 0 Å². The molecule has 1 fully saturated rings. The van der Waals surface area contributed by atoms with Crippen molar-refractivity contribution in [1.29, 1.82) is 0 Å². The predicted molar refractivity (Wildman–Crippen MR) is 132 cm³/mol. The maximum atomic E-state index is 12.8. The lowest BCUT2D eigenvalue weighted by molar-refractivity contribution is 0.0957. The first kappa shape index (κ1) is 22.5. The number of carbonyl (C=O) groups excluding carboxylic acids is 1. The number of nitrogens with zero attached hydrogens (tertiary/aromatic N) is 3. The van der Waals surface area contributed by atoms with Gasteiger partial charge in [-0.05, 0) is 50.3 Å². The van der Waals surface area contributed by atoms with Gasteiger partial charge in [0.1, 0.15) is 5.01 Å². The van der Waals surface area contributed by atoms with Gasteiger partial charge in [-0.3, -0.25) is 9.78 Å². The van der Waals surface area contributed by atoms with Gasteiger partial charge in [0.15, 0.2) is 0 Å². The van der Waals surface area contributed by atoms with Crippen molar-refractivity contribution in [2.24, 2.45) is 5.92 Å². The SMILES string of the molecule is C=CCNC(=O)c1cc(-c2csc(-c3ccnc(CC)c3)n2)n(CC2CCCCC2)c1C. The van der Waals surface area contributed by atoms with Gasteiger partial charge in [0, 0.05) is 41.6 Å². The van der Waals surface area contributed by atoms with E-state index in [2.05, 4.69) is 46.7 Å². The van der Waals surface area contributed by atoms with Gasteiger partial charge in [-0.1, -0.05) is 32.3 Å². The number of rotatable bonds is 8. The van der Waals surface area contributed by atoms with Crippen LogP contribution >= 0.6 is 11.3 Å². The minimum Gasteiger partial charge on any atom is -0.349 e. The summed E-state index contributed by atoms with van der Waals surface area (Å²) in [5, 5.41) is 6.03. The highest BCUT2D eigenvalue weighted by Crippen LogP contribution is 2.34. The van der Waals surface area contributed by atoms with Gasteiger partial charge in [-0.15, -0.1) is 17.9 Å². The molecule has 3 aromatic heterocycles. The fourth-order valence-electron chi connectivity index (χ4n) is 4.54. The number of pyridine rings is 1. The number of thiazole rings is 1. The largest absolute Gasteiger partial charge is 0.349 e. The highest BCUT2D eigenvalue weighted by molar-refractivity contribution is 7.13. The Balaban J connectivity index is 1.70. The summed E-state index contributed by atoms with van der Waals surface area (Å²) in [5.41, 5.74) is 5.87. The molecule has 3 heterocycles. The van der Waals surface area contributed by atoms with Crippen LogP contribution in [0.3, 0.4) is 0 Å². The van der Waals surface area contributed by atoms with Crippen LogP contribution in [0.2, 0.25) is 0 Å². The molecule has 0 unspecified atom stereocenters. The van der Waals surface area contributed by atoms with Crippen LogP contribution in [0.25, 0.3) is 22.0 Å². The molecule has 0 aromatic carbocycles. The molecule has 32 heavy (non-hydrogen) atoms. The minimum atomic E-state index is -0.0526. The van der Waals surface area contributed by atoms with Crippen molar-refractivity contribution >= 4 is 17.2 Å². The molecule has 0 aliphatic heterocycles. The smallest absolute Gasteiger partial charge is 0.253 e. The Kier molecular flexibility index (Phi) is 7.20. The van der Waals surface area contributed by atoms with E-state index in [-0.39, 0.29) is 5.91 Å². The fourth-order valence-corrected chi connectivity index (χ4v) is 5.35. The van der Waals surface area contributed by atoms with Crippen molar-refractivity contribution in [2.45, 2.75) is 58.9 Å². The van der Waals surface area contributed by atoms with Crippen LogP contribution in [0.1, 0.15) is 60.8 Å². The van der Waals surface area contributed by atoms with Crippen LogP contribution in [0.5, 0.6) is 0 Å². The quantitative estimate of drug-likeness (QED) is 0.427. The van der Waals surface area contributed by atoms with Crippen LogP contribution < -0.4 is 5.32 Å². The summed E-state index contributed by atoms with van der Waals surface area (Å²) in [6, 6.07) is 6.14. The molecule has 1 aliphatic rings. The lowest BCUT2D eigenvalue weighted by Crippen LogP contribution is -2.24. The molecule has 0 saturated heterocycles. The van der Waals surface area contributed by atoms with Gasteiger partial charge in [-0.25, -0.2) is 4.98 Å². The van der Waals surface area contributed by atoms with E-state index in [0.29, 0.717) is 12.5 Å². The zero-order valence-electron chi connectivity index (χ0n) is 19.1. The summed E-state index contributed by atoms with van der Waals surface area (Å²) in [6.45, 7) is 9.28. The van der Waals surface area contributed by atoms with Crippen molar-refractivity contribution < 1.29 is 4.79 Å². The second-order valence-corrected chi connectivity index (χ2v) is 9.43. The molecular weight excluding hydrogens is 416 g/mol. The normalized spacial score (nSPS) is 14.4. The van der Waals surface area contributed by atoms with Gasteiger partial charge in [0.2, 0.25) is 0 Å². The monoisotopic (exact) mass is 448 g/mol. The molecule has 0 spiro atoms. The van der Waals surface area contributed by atoms with Crippen molar-refractivity contribution in [2.75, 3.05) is 6.54 Å². The molecule has 3 aromatic rings. The lowest BCUT2D eigenvalue weighted by Gasteiger charge is -2.24. The molecule has 1 N–H and O–H groups in total. The topological polar surface area (TPSA) is 59.8 Å². The first-order valence-electron chi connectivity index (χ1n) is 11.6. The molecule has 5 nitrogen and oxygen atoms in total. The van der Waals surface area contributed by atoms with Crippen molar-refractivity contribution in [3.05, 3.63) is 59.4 Å². The minimum absolute atomic E-state index is 0.0526. The van der Waals surface area contributed by atoms with Gasteiger partial charge in [-0.2, -0.15) is 0 Å². The lowest BCUT2D eigenvalue weighted by atomic mass is 9.89. The molecule has 1 saturated carbocycles. The average molecular weight is 449 g/mol. The Bertz CT molecular complexity index is 1090. The predicted octanol–water partition coefficient (Wildman–Crippen LogP) is 6.04. The van der Waals surface area contributed by atoms with Crippen LogP contribution in [-0.2, 0) is 13.0 Å². The maximum Gasteiger partial charge on any atom is 0.253 e. The second-order valence-electron chi connectivity index (χ2n) is 8.57. The van der Waals surface area contributed by atoms with Crippen molar-refractivity contribution in [1.82, 2.24) is 19.9 Å². The summed E-state index contributed by atoms with van der Waals surface area (Å²) < 4.78 is 2.32. The number of carbonyl (C=O) groups is 1. The molecule has 6 heteroatoms. The Morgan fingerprint density at radius 3 is 2.88 bits per heavy atom. The van der Waals surface area contributed by atoms with Crippen molar-refractivity contribution in [3.63, 3.8) is 0 Å². The molecule has 1 aliphatic carbocycles. The third kappa shape index (κ3) is 4.85. The summed E-state index contributed by atoms with van der Waals surface area (Å²) >= 11 is 1.64. The number of hydrogen-bond donors (Lipinski definition) is 1. The first-order chi connectivity index (χ1) is 15.6. The second kappa shape index (κ2) is 10.3. The van der Waals surface area contributed by atoms with E-state index in [1.165, 1.54) is 32.1 Å². The number of aromatic nitrogens is 3. The van der Waals surface area contributed by atoms with E-state index in [0.717, 1.165) is 51.9 Å². The van der Waals surface area contributed by atoms with Gasteiger partial charge >= 0.3 is 0 Å². The Morgan fingerprint density at radius 1 is 1.31 bits per heavy atom. The molecule has 0 atom stereocenters. The first-order valence-corrected chi connectivity index (χ1v) is 12.5. The number of aryl methyl sites for hydroxylation is 1. The summed E-state index contributed by atoms with van der Waals surface area (Å²) in [4.78, 5) is 22.2. The Labute approximate surface area is 194 Å². The number of nitrogens with one attached hydrogen (secondary N) is 1. The maximum absolute atomic E-state index is 12.8. The van der Waals surface area contributed by atoms with E-state index >= 15 is 0 Å². The number of amides is 1. The average Bonchev–Trinajstić information content (AvgIpc) is 3.44. The van der Waals surface area contributed by atoms with Gasteiger partial charge in [0.05, 0.1) is 17.0 Å². The molecule has 1 amide bonds. The van der Waals surface area contributed by atoms with Crippen LogP contribution in [0, 0.1) is 12.8 Å². The highest BCUT2D eigenvalue weighted by atomic mass is 32.1. The Hall–Kier alpha value is -2.73. The molecule has 0 bridgehead atoms. The Morgan fingerprint density at radius 2 is 2.12 bits per heavy atom. The van der Waals surface area contributed by atoms with Crippen LogP contribution in [-0.4, -0.2) is 27.0 Å². The van der Waals surface area contributed by atoms with E-state index in [1.807, 2.05) is 18.3 Å². The van der Waals surface area contributed by atoms with Crippen LogP contribution in [0.4, 0.5) is 0 Å². The van der Waals surface area contributed by atoms with E-state index in [9.17, 15) is 4.79 Å². The molecular formula is C26H32N4OS. The van der Waals surface area contributed by atoms with Crippen molar-refractivity contribution in [3.8, 4) is 22.0 Å². The summed E-state index contributed by atoms with van der Waals surface area (Å²) in [6.07, 6.45) is 10.9. The highest BCUT2D eigenvalue weighted by Gasteiger charge is 2.23. The number of hydrogen-bond acceptors (Lipinski definition) is 4. The molecule has 4 rings (SSSR count). The van der Waals surface area contributed by atoms with Crippen LogP contribution in [0.15, 0.2) is 42.4 Å². The summed E-state index contributed by atoms with van der Waals surface area (Å²) in [7, 11) is 0. The van der Waals surface area contributed by atoms with E-state index in [4.69, 9.17) is 4.98 Å². The van der Waals surface area contributed by atoms with E-state index in [1.54, 1.807) is 17.4 Å². The van der Waals surface area contributed by atoms with Gasteiger partial charge in [0.25, 0.3) is 5.91 Å². The molecule has 0 radical (unpaired) electrons. The fraction of sp³-hybridized carbons (Fsp3) is 0.423. The third-order valence-electron chi connectivity index (χ3n) is 6.38. The zero-order valence-corrected chi connectivity index (χ0v) is 19.9. The van der Waals surface area contributed by atoms with Gasteiger partial charge < -0.3 is 9.88 Å². The standard InChI is InChI=1S/C26H32N4OS/c1-4-12-28-25(31)22-15-24(30(18(22)3)16-19-9-7-6-8-10-19)23-17-32-26(29-23)20-11-13-27-21(5-2)14-20/h4,11,13-15,17,19H,1,5-10,12,16H2,2-3H3,(H,28,31). The third-order valence-corrected chi connectivity index (χ3v) is 7.27. The molecule has 168 valence electrons. The zero-order chi connectivity index (χ0) is 22.5.